The summed E-state index contributed by atoms with van der Waals surface area (Å²) < 4.78 is 81.3. The van der Waals surface area contributed by atoms with Crippen molar-refractivity contribution in [3.63, 3.8) is 0 Å². The Morgan fingerprint density at radius 1 is 1.14 bits per heavy atom. The quantitative estimate of drug-likeness (QED) is 0.515. The van der Waals surface area contributed by atoms with Crippen molar-refractivity contribution in [2.75, 3.05) is 0 Å². The number of aromatic nitrogens is 2. The summed E-state index contributed by atoms with van der Waals surface area (Å²) in [5, 5.41) is 1.67. The first kappa shape index (κ1) is 21.2. The van der Waals surface area contributed by atoms with Gasteiger partial charge in [0.05, 0.1) is 17.1 Å². The Balaban J connectivity index is 2.13. The second kappa shape index (κ2) is 7.36. The molecule has 0 spiro atoms. The maximum Gasteiger partial charge on any atom is 0.573 e. The third-order valence-electron chi connectivity index (χ3n) is 4.21. The zero-order valence-electron chi connectivity index (χ0n) is 15.1. The topological polar surface area (TPSA) is 44.1 Å². The molecule has 0 N–H and O–H groups in total. The van der Waals surface area contributed by atoms with Crippen LogP contribution in [0.15, 0.2) is 34.4 Å². The summed E-state index contributed by atoms with van der Waals surface area (Å²) in [6.07, 6.45) is -9.95. The predicted molar refractivity (Wildman–Crippen MR) is 95.6 cm³/mol. The van der Waals surface area contributed by atoms with Gasteiger partial charge in [0.1, 0.15) is 16.3 Å². The van der Waals surface area contributed by atoms with Crippen molar-refractivity contribution >= 4 is 21.6 Å². The normalized spacial score (nSPS) is 13.7. The molecular weight excluding hydrogens is 422 g/mol. The van der Waals surface area contributed by atoms with Crippen molar-refractivity contribution < 1.29 is 31.1 Å². The Bertz CT molecular complexity index is 1080. The molecule has 29 heavy (non-hydrogen) atoms. The van der Waals surface area contributed by atoms with E-state index in [1.54, 1.807) is 12.3 Å². The smallest absolute Gasteiger partial charge is 0.406 e. The molecule has 156 valence electrons. The number of halogens is 6. The molecule has 3 aromatic rings. The highest BCUT2D eigenvalue weighted by Crippen LogP contribution is 2.30. The van der Waals surface area contributed by atoms with Gasteiger partial charge in [-0.2, -0.15) is 13.2 Å². The molecule has 3 rings (SSSR count). The van der Waals surface area contributed by atoms with Crippen LogP contribution in [0, 0.1) is 12.8 Å². The molecule has 0 aliphatic rings. The number of alkyl halides is 6. The molecule has 1 atom stereocenters. The van der Waals surface area contributed by atoms with Gasteiger partial charge >= 0.3 is 12.5 Å². The van der Waals surface area contributed by atoms with Crippen molar-refractivity contribution in [1.29, 1.82) is 0 Å². The Hall–Kier alpha value is -2.56. The highest BCUT2D eigenvalue weighted by atomic mass is 32.1. The lowest BCUT2D eigenvalue weighted by Crippen LogP contribution is -2.28. The second-order valence-corrected chi connectivity index (χ2v) is 7.33. The van der Waals surface area contributed by atoms with Crippen LogP contribution in [0.5, 0.6) is 5.75 Å². The van der Waals surface area contributed by atoms with Crippen LogP contribution in [0.25, 0.3) is 15.9 Å². The molecule has 4 nitrogen and oxygen atoms in total. The number of benzene rings is 1. The van der Waals surface area contributed by atoms with E-state index in [2.05, 4.69) is 9.72 Å². The molecule has 0 fully saturated rings. The summed E-state index contributed by atoms with van der Waals surface area (Å²) in [7, 11) is 0. The molecule has 0 aliphatic heterocycles. The van der Waals surface area contributed by atoms with E-state index in [1.165, 1.54) is 0 Å². The number of aryl methyl sites for hydroxylation is 1. The monoisotopic (exact) mass is 436 g/mol. The van der Waals surface area contributed by atoms with E-state index in [0.29, 0.717) is 11.1 Å². The van der Waals surface area contributed by atoms with Crippen LogP contribution < -0.4 is 10.3 Å². The number of nitrogens with zero attached hydrogens (tertiary/aromatic N) is 2. The molecule has 2 heterocycles. The molecular formula is C18H14F6N2O2S. The Labute approximate surface area is 164 Å². The first-order valence-corrected chi connectivity index (χ1v) is 9.17. The molecule has 2 aromatic heterocycles. The van der Waals surface area contributed by atoms with E-state index in [9.17, 15) is 31.1 Å². The zero-order chi connectivity index (χ0) is 21.6. The predicted octanol–water partition coefficient (Wildman–Crippen LogP) is 5.40. The van der Waals surface area contributed by atoms with Crippen LogP contribution >= 0.6 is 11.3 Å². The lowest BCUT2D eigenvalue weighted by atomic mass is 10.1. The highest BCUT2D eigenvalue weighted by molar-refractivity contribution is 7.17. The van der Waals surface area contributed by atoms with Gasteiger partial charge in [0.15, 0.2) is 0 Å². The SMILES string of the molecule is Cc1csc2c(=O)n(-c3ccc(OC(F)(F)F)cc3)c(CC(C)C(F)(F)F)nc12. The fourth-order valence-electron chi connectivity index (χ4n) is 2.72. The molecule has 0 amide bonds. The summed E-state index contributed by atoms with van der Waals surface area (Å²) in [6, 6.07) is 4.29. The molecule has 0 saturated carbocycles. The highest BCUT2D eigenvalue weighted by Gasteiger charge is 2.37. The van der Waals surface area contributed by atoms with Gasteiger partial charge < -0.3 is 4.74 Å². The maximum absolute atomic E-state index is 13.1. The van der Waals surface area contributed by atoms with E-state index >= 15 is 0 Å². The van der Waals surface area contributed by atoms with Gasteiger partial charge in [0.2, 0.25) is 0 Å². The summed E-state index contributed by atoms with van der Waals surface area (Å²) in [4.78, 5) is 17.2. The Kier molecular flexibility index (Phi) is 5.37. The van der Waals surface area contributed by atoms with Crippen LogP contribution in [0.3, 0.4) is 0 Å². The number of hydrogen-bond acceptors (Lipinski definition) is 4. The van der Waals surface area contributed by atoms with Gasteiger partial charge in [-0.1, -0.05) is 6.92 Å². The third-order valence-corrected chi connectivity index (χ3v) is 5.29. The lowest BCUT2D eigenvalue weighted by molar-refractivity contribution is -0.274. The van der Waals surface area contributed by atoms with Crippen LogP contribution in [-0.4, -0.2) is 22.1 Å². The van der Waals surface area contributed by atoms with Crippen LogP contribution in [0.1, 0.15) is 18.3 Å². The van der Waals surface area contributed by atoms with Crippen LogP contribution in [-0.2, 0) is 6.42 Å². The summed E-state index contributed by atoms with van der Waals surface area (Å²) in [5.41, 5.74) is 0.484. The van der Waals surface area contributed by atoms with E-state index in [0.717, 1.165) is 47.1 Å². The van der Waals surface area contributed by atoms with Crippen molar-refractivity contribution in [2.24, 2.45) is 5.92 Å². The number of ether oxygens (including phenoxy) is 1. The largest absolute Gasteiger partial charge is 0.573 e. The van der Waals surface area contributed by atoms with E-state index < -0.39 is 36.2 Å². The van der Waals surface area contributed by atoms with Crippen molar-refractivity contribution in [3.8, 4) is 11.4 Å². The molecule has 0 aliphatic carbocycles. The summed E-state index contributed by atoms with van der Waals surface area (Å²) in [5.74, 6) is -2.41. The van der Waals surface area contributed by atoms with Gasteiger partial charge in [-0.3, -0.25) is 9.36 Å². The molecule has 1 unspecified atom stereocenters. The van der Waals surface area contributed by atoms with E-state index in [-0.39, 0.29) is 16.2 Å². The molecule has 1 aromatic carbocycles. The fraction of sp³-hybridized carbons (Fsp3) is 0.333. The maximum atomic E-state index is 13.1. The van der Waals surface area contributed by atoms with Crippen molar-refractivity contribution in [1.82, 2.24) is 9.55 Å². The minimum absolute atomic E-state index is 0.0920. The summed E-state index contributed by atoms with van der Waals surface area (Å²) in [6.45, 7) is 2.66. The molecule has 0 bridgehead atoms. The average Bonchev–Trinajstić information content (AvgIpc) is 2.95. The van der Waals surface area contributed by atoms with Crippen LogP contribution in [0.4, 0.5) is 26.3 Å². The first-order valence-electron chi connectivity index (χ1n) is 8.29. The average molecular weight is 436 g/mol. The van der Waals surface area contributed by atoms with Gasteiger partial charge in [-0.15, -0.1) is 24.5 Å². The number of hydrogen-bond donors (Lipinski definition) is 0. The van der Waals surface area contributed by atoms with Crippen LogP contribution in [0.2, 0.25) is 0 Å². The number of rotatable bonds is 4. The van der Waals surface area contributed by atoms with Gasteiger partial charge in [-0.25, -0.2) is 4.98 Å². The number of thiophene rings is 1. The van der Waals surface area contributed by atoms with Gasteiger partial charge in [0.25, 0.3) is 5.56 Å². The second-order valence-electron chi connectivity index (χ2n) is 6.45. The minimum Gasteiger partial charge on any atom is -0.406 e. The minimum atomic E-state index is -4.89. The Morgan fingerprint density at radius 2 is 1.76 bits per heavy atom. The number of fused-ring (bicyclic) bond motifs is 1. The molecule has 0 saturated heterocycles. The standard InChI is InChI=1S/C18H14F6N2O2S/c1-9-8-29-15-14(9)25-13(7-10(2)17(19,20)21)26(16(15)27)11-3-5-12(6-4-11)28-18(22,23)24/h3-6,8,10H,7H2,1-2H3. The summed E-state index contributed by atoms with van der Waals surface area (Å²) >= 11 is 1.10. The van der Waals surface area contributed by atoms with Gasteiger partial charge in [0, 0.05) is 6.42 Å². The van der Waals surface area contributed by atoms with E-state index in [4.69, 9.17) is 0 Å². The Morgan fingerprint density at radius 3 is 2.31 bits per heavy atom. The molecule has 11 heteroatoms. The van der Waals surface area contributed by atoms with Crippen molar-refractivity contribution in [2.45, 2.75) is 32.8 Å². The van der Waals surface area contributed by atoms with E-state index in [1.807, 2.05) is 0 Å². The van der Waals surface area contributed by atoms with Gasteiger partial charge in [-0.05, 0) is 42.1 Å². The molecule has 0 radical (unpaired) electrons. The van der Waals surface area contributed by atoms with Crippen molar-refractivity contribution in [3.05, 3.63) is 51.4 Å². The zero-order valence-corrected chi connectivity index (χ0v) is 15.9. The third kappa shape index (κ3) is 4.55. The lowest BCUT2D eigenvalue weighted by Gasteiger charge is -2.18. The first-order chi connectivity index (χ1) is 13.4. The fourth-order valence-corrected chi connectivity index (χ4v) is 3.63.